The van der Waals surface area contributed by atoms with E-state index in [4.69, 9.17) is 16.3 Å². The summed E-state index contributed by atoms with van der Waals surface area (Å²) in [4.78, 5) is 22.9. The minimum absolute atomic E-state index is 0.101. The first kappa shape index (κ1) is 16.2. The largest absolute Gasteiger partial charge is 0.444 e. The maximum absolute atomic E-state index is 11.6. The molecule has 0 aliphatic carbocycles. The number of ether oxygens (including phenoxy) is 1. The highest BCUT2D eigenvalue weighted by atomic mass is 35.5. The number of nitrogens with one attached hydrogen (secondary N) is 2. The van der Waals surface area contributed by atoms with Crippen molar-refractivity contribution < 1.29 is 14.3 Å². The predicted molar refractivity (Wildman–Crippen MR) is 74.5 cm³/mol. The van der Waals surface area contributed by atoms with Crippen LogP contribution in [0.2, 0.25) is 5.15 Å². The molecule has 0 saturated carbocycles. The van der Waals surface area contributed by atoms with Crippen LogP contribution < -0.4 is 10.6 Å². The van der Waals surface area contributed by atoms with E-state index in [1.54, 1.807) is 20.8 Å². The van der Waals surface area contributed by atoms with Gasteiger partial charge in [-0.3, -0.25) is 4.79 Å². The molecule has 2 amide bonds. The van der Waals surface area contributed by atoms with Crippen molar-refractivity contribution in [2.45, 2.75) is 32.8 Å². The Morgan fingerprint density at radius 2 is 2.00 bits per heavy atom. The number of carbonyl (C=O) groups is 2. The van der Waals surface area contributed by atoms with Gasteiger partial charge in [0.2, 0.25) is 5.91 Å². The van der Waals surface area contributed by atoms with Crippen LogP contribution in [-0.4, -0.2) is 34.3 Å². The number of aromatic nitrogens is 2. The van der Waals surface area contributed by atoms with Crippen molar-refractivity contribution in [3.63, 3.8) is 0 Å². The van der Waals surface area contributed by atoms with E-state index in [2.05, 4.69) is 20.8 Å². The average Bonchev–Trinajstić information content (AvgIpc) is 2.29. The summed E-state index contributed by atoms with van der Waals surface area (Å²) < 4.78 is 5.03. The molecule has 0 atom stereocenters. The van der Waals surface area contributed by atoms with Crippen LogP contribution in [0.3, 0.4) is 0 Å². The minimum Gasteiger partial charge on any atom is -0.444 e. The van der Waals surface area contributed by atoms with Gasteiger partial charge in [-0.15, -0.1) is 10.2 Å². The van der Waals surface area contributed by atoms with Gasteiger partial charge in [0.25, 0.3) is 0 Å². The van der Waals surface area contributed by atoms with Crippen LogP contribution in [0.4, 0.5) is 10.6 Å². The van der Waals surface area contributed by atoms with Gasteiger partial charge in [0.05, 0.1) is 0 Å². The lowest BCUT2D eigenvalue weighted by Gasteiger charge is -2.19. The van der Waals surface area contributed by atoms with E-state index in [1.165, 1.54) is 12.1 Å². The van der Waals surface area contributed by atoms with Crippen LogP contribution in [-0.2, 0) is 9.53 Å². The highest BCUT2D eigenvalue weighted by Crippen LogP contribution is 2.07. The SMILES string of the molecule is CC(C)(C)OC(=O)NCCC(=O)Nc1ccc(Cl)nn1. The van der Waals surface area contributed by atoms with Crippen molar-refractivity contribution in [2.24, 2.45) is 0 Å². The van der Waals surface area contributed by atoms with Crippen LogP contribution in [0.5, 0.6) is 0 Å². The van der Waals surface area contributed by atoms with Crippen LogP contribution in [0.1, 0.15) is 27.2 Å². The van der Waals surface area contributed by atoms with Gasteiger partial charge in [0, 0.05) is 13.0 Å². The number of amides is 2. The van der Waals surface area contributed by atoms with E-state index in [0.29, 0.717) is 5.82 Å². The van der Waals surface area contributed by atoms with Gasteiger partial charge in [0.15, 0.2) is 11.0 Å². The molecule has 8 heteroatoms. The lowest BCUT2D eigenvalue weighted by atomic mass is 10.2. The van der Waals surface area contributed by atoms with Gasteiger partial charge in [-0.2, -0.15) is 0 Å². The van der Waals surface area contributed by atoms with Crippen molar-refractivity contribution in [1.29, 1.82) is 0 Å². The third-order valence-corrected chi connectivity index (χ3v) is 2.12. The molecule has 0 bridgehead atoms. The smallest absolute Gasteiger partial charge is 0.407 e. The fraction of sp³-hybridized carbons (Fsp3) is 0.500. The highest BCUT2D eigenvalue weighted by Gasteiger charge is 2.15. The minimum atomic E-state index is -0.564. The molecule has 0 spiro atoms. The summed E-state index contributed by atoms with van der Waals surface area (Å²) in [5, 5.41) is 12.5. The zero-order valence-corrected chi connectivity index (χ0v) is 12.3. The van der Waals surface area contributed by atoms with Gasteiger partial charge in [0.1, 0.15) is 5.60 Å². The molecule has 1 aromatic heterocycles. The topological polar surface area (TPSA) is 93.2 Å². The fourth-order valence-corrected chi connectivity index (χ4v) is 1.28. The van der Waals surface area contributed by atoms with Crippen LogP contribution in [0.15, 0.2) is 12.1 Å². The van der Waals surface area contributed by atoms with Gasteiger partial charge in [-0.25, -0.2) is 4.79 Å². The molecular weight excluding hydrogens is 284 g/mol. The molecule has 0 unspecified atom stereocenters. The van der Waals surface area contributed by atoms with Crippen molar-refractivity contribution in [3.8, 4) is 0 Å². The number of anilines is 1. The quantitative estimate of drug-likeness (QED) is 0.887. The van der Waals surface area contributed by atoms with E-state index in [-0.39, 0.29) is 24.0 Å². The third-order valence-electron chi connectivity index (χ3n) is 1.92. The van der Waals surface area contributed by atoms with Gasteiger partial charge >= 0.3 is 6.09 Å². The molecule has 1 heterocycles. The number of alkyl carbamates (subject to hydrolysis) is 1. The lowest BCUT2D eigenvalue weighted by molar-refractivity contribution is -0.116. The average molecular weight is 301 g/mol. The molecule has 7 nitrogen and oxygen atoms in total. The zero-order valence-electron chi connectivity index (χ0n) is 11.6. The number of rotatable bonds is 4. The van der Waals surface area contributed by atoms with Crippen LogP contribution in [0.25, 0.3) is 0 Å². The van der Waals surface area contributed by atoms with Crippen molar-refractivity contribution in [3.05, 3.63) is 17.3 Å². The molecule has 0 aliphatic heterocycles. The standard InChI is InChI=1S/C12H17ClN4O3/c1-12(2,3)20-11(19)14-7-6-10(18)15-9-5-4-8(13)16-17-9/h4-5H,6-7H2,1-3H3,(H,14,19)(H,15,17,18). The first-order valence-electron chi connectivity index (χ1n) is 6.02. The van der Waals surface area contributed by atoms with Gasteiger partial charge in [-0.1, -0.05) is 11.6 Å². The number of halogens is 1. The molecule has 0 fully saturated rings. The van der Waals surface area contributed by atoms with E-state index < -0.39 is 11.7 Å². The summed E-state index contributed by atoms with van der Waals surface area (Å²) in [6.07, 6.45) is -0.458. The molecule has 2 N–H and O–H groups in total. The molecule has 1 aromatic rings. The third kappa shape index (κ3) is 6.89. The normalized spacial score (nSPS) is 10.8. The van der Waals surface area contributed by atoms with Crippen LogP contribution >= 0.6 is 11.6 Å². The summed E-state index contributed by atoms with van der Waals surface area (Å²) in [7, 11) is 0. The Bertz CT molecular complexity index is 471. The van der Waals surface area contributed by atoms with Gasteiger partial charge < -0.3 is 15.4 Å². The Labute approximate surface area is 122 Å². The Kier molecular flexibility index (Phi) is 5.69. The van der Waals surface area contributed by atoms with Crippen molar-refractivity contribution >= 4 is 29.4 Å². The molecular formula is C12H17ClN4O3. The van der Waals surface area contributed by atoms with E-state index in [0.717, 1.165) is 0 Å². The molecule has 0 aliphatic rings. The number of hydrogen-bond acceptors (Lipinski definition) is 5. The molecule has 20 heavy (non-hydrogen) atoms. The second kappa shape index (κ2) is 7.04. The molecule has 1 rings (SSSR count). The number of carbonyl (C=O) groups excluding carboxylic acids is 2. The monoisotopic (exact) mass is 300 g/mol. The summed E-state index contributed by atoms with van der Waals surface area (Å²) in [6, 6.07) is 3.05. The first-order chi connectivity index (χ1) is 9.26. The Morgan fingerprint density at radius 1 is 1.30 bits per heavy atom. The highest BCUT2D eigenvalue weighted by molar-refractivity contribution is 6.29. The first-order valence-corrected chi connectivity index (χ1v) is 6.40. The summed E-state index contributed by atoms with van der Waals surface area (Å²) in [5.41, 5.74) is -0.564. The van der Waals surface area contributed by atoms with Crippen molar-refractivity contribution in [1.82, 2.24) is 15.5 Å². The van der Waals surface area contributed by atoms with Crippen molar-refractivity contribution in [2.75, 3.05) is 11.9 Å². The van der Waals surface area contributed by atoms with E-state index >= 15 is 0 Å². The summed E-state index contributed by atoms with van der Waals surface area (Å²) in [6.45, 7) is 5.46. The lowest BCUT2D eigenvalue weighted by Crippen LogP contribution is -2.34. The summed E-state index contributed by atoms with van der Waals surface area (Å²) >= 11 is 5.57. The maximum Gasteiger partial charge on any atom is 0.407 e. The fourth-order valence-electron chi connectivity index (χ4n) is 1.18. The van der Waals surface area contributed by atoms with E-state index in [1.807, 2.05) is 0 Å². The Hall–Kier alpha value is -1.89. The number of hydrogen-bond donors (Lipinski definition) is 2. The molecule has 0 saturated heterocycles. The summed E-state index contributed by atoms with van der Waals surface area (Å²) in [5.74, 6) is 0.00866. The molecule has 0 radical (unpaired) electrons. The number of nitrogens with zero attached hydrogens (tertiary/aromatic N) is 2. The van der Waals surface area contributed by atoms with E-state index in [9.17, 15) is 9.59 Å². The predicted octanol–water partition coefficient (Wildman–Crippen LogP) is 1.98. The Balaban J connectivity index is 2.27. The molecule has 110 valence electrons. The van der Waals surface area contributed by atoms with Gasteiger partial charge in [-0.05, 0) is 32.9 Å². The maximum atomic E-state index is 11.6. The zero-order chi connectivity index (χ0) is 15.2. The second-order valence-electron chi connectivity index (χ2n) is 4.97. The second-order valence-corrected chi connectivity index (χ2v) is 5.36. The molecule has 0 aromatic carbocycles. The Morgan fingerprint density at radius 3 is 2.55 bits per heavy atom. The van der Waals surface area contributed by atoms with Crippen LogP contribution in [0, 0.1) is 0 Å².